The van der Waals surface area contributed by atoms with E-state index in [0.717, 1.165) is 31.6 Å². The standard InChI is InChI=1S/C25H42N6O4/c1-16(2)29-10-8-25(35,9-11-29)15-26-22(33)20-12-18(32)13-30(20)23(34)21(24(3,4)5)31-14-19(27-28-31)17-6-7-17/h14,16-18,20-21,32,35H,6-13,15H2,1-5H3,(H,26,33)/t18?,20?,21-/m1/s1. The Labute approximate surface area is 208 Å². The van der Waals surface area contributed by atoms with Gasteiger partial charge in [0, 0.05) is 50.8 Å². The molecule has 2 aliphatic heterocycles. The molecule has 2 saturated heterocycles. The van der Waals surface area contributed by atoms with Crippen LogP contribution < -0.4 is 5.32 Å². The maximum absolute atomic E-state index is 13.8. The second kappa shape index (κ2) is 9.78. The number of nitrogens with one attached hydrogen (secondary N) is 1. The molecule has 0 radical (unpaired) electrons. The molecule has 2 unspecified atom stereocenters. The fraction of sp³-hybridized carbons (Fsp3) is 0.840. The quantitative estimate of drug-likeness (QED) is 0.522. The van der Waals surface area contributed by atoms with E-state index in [1.807, 2.05) is 27.0 Å². The molecule has 0 spiro atoms. The van der Waals surface area contributed by atoms with Crippen LogP contribution in [0, 0.1) is 5.41 Å². The third-order valence-electron chi connectivity index (χ3n) is 7.76. The average Bonchev–Trinajstić information content (AvgIpc) is 3.39. The molecule has 10 heteroatoms. The Bertz CT molecular complexity index is 913. The number of amides is 2. The summed E-state index contributed by atoms with van der Waals surface area (Å²) in [5, 5.41) is 32.8. The first-order chi connectivity index (χ1) is 16.4. The van der Waals surface area contributed by atoms with Crippen LogP contribution in [0.15, 0.2) is 6.20 Å². The Morgan fingerprint density at radius 2 is 1.89 bits per heavy atom. The van der Waals surface area contributed by atoms with Crippen molar-refractivity contribution in [1.82, 2.24) is 30.1 Å². The smallest absolute Gasteiger partial charge is 0.248 e. The van der Waals surface area contributed by atoms with Gasteiger partial charge < -0.3 is 25.3 Å². The molecular formula is C25H42N6O4. The van der Waals surface area contributed by atoms with Crippen LogP contribution in [0.25, 0.3) is 0 Å². The highest BCUT2D eigenvalue weighted by Gasteiger charge is 2.46. The zero-order chi connectivity index (χ0) is 25.5. The SMILES string of the molecule is CC(C)N1CCC(O)(CNC(=O)C2CC(O)CN2C(=O)[C@@H](n2cc(C3CC3)nn2)C(C)(C)C)CC1. The van der Waals surface area contributed by atoms with Crippen molar-refractivity contribution in [3.63, 3.8) is 0 Å². The molecule has 10 nitrogen and oxygen atoms in total. The van der Waals surface area contributed by atoms with Crippen molar-refractivity contribution < 1.29 is 19.8 Å². The summed E-state index contributed by atoms with van der Waals surface area (Å²) in [5.74, 6) is -0.158. The van der Waals surface area contributed by atoms with E-state index in [1.54, 1.807) is 4.68 Å². The minimum atomic E-state index is -0.957. The molecule has 4 rings (SSSR count). The highest BCUT2D eigenvalue weighted by molar-refractivity contribution is 5.90. The number of likely N-dealkylation sites (tertiary alicyclic amines) is 2. The maximum atomic E-state index is 13.8. The minimum Gasteiger partial charge on any atom is -0.391 e. The lowest BCUT2D eigenvalue weighted by molar-refractivity contribution is -0.144. The Hall–Kier alpha value is -2.04. The Balaban J connectivity index is 1.44. The summed E-state index contributed by atoms with van der Waals surface area (Å²) in [7, 11) is 0. The molecule has 35 heavy (non-hydrogen) atoms. The van der Waals surface area contributed by atoms with E-state index in [-0.39, 0.29) is 31.3 Å². The fourth-order valence-corrected chi connectivity index (χ4v) is 5.33. The molecule has 0 aromatic carbocycles. The first kappa shape index (κ1) is 26.0. The van der Waals surface area contributed by atoms with E-state index >= 15 is 0 Å². The molecule has 3 N–H and O–H groups in total. The Kier molecular flexibility index (Phi) is 7.28. The van der Waals surface area contributed by atoms with Crippen molar-refractivity contribution >= 4 is 11.8 Å². The zero-order valence-corrected chi connectivity index (χ0v) is 21.8. The van der Waals surface area contributed by atoms with Crippen LogP contribution in [0.1, 0.15) is 84.4 Å². The van der Waals surface area contributed by atoms with Crippen LogP contribution in [0.3, 0.4) is 0 Å². The van der Waals surface area contributed by atoms with Crippen molar-refractivity contribution in [1.29, 1.82) is 0 Å². The summed E-state index contributed by atoms with van der Waals surface area (Å²) in [6.07, 6.45) is 4.62. The van der Waals surface area contributed by atoms with Gasteiger partial charge in [-0.1, -0.05) is 26.0 Å². The molecule has 1 aromatic heterocycles. The molecule has 196 valence electrons. The van der Waals surface area contributed by atoms with E-state index in [1.165, 1.54) is 4.90 Å². The highest BCUT2D eigenvalue weighted by atomic mass is 16.3. The number of carbonyl (C=O) groups excluding carboxylic acids is 2. The molecule has 1 aliphatic carbocycles. The van der Waals surface area contributed by atoms with Gasteiger partial charge in [0.2, 0.25) is 11.8 Å². The molecule has 0 bridgehead atoms. The van der Waals surface area contributed by atoms with Crippen LogP contribution in [-0.2, 0) is 9.59 Å². The monoisotopic (exact) mass is 490 g/mol. The van der Waals surface area contributed by atoms with Crippen molar-refractivity contribution in [3.8, 4) is 0 Å². The Morgan fingerprint density at radius 3 is 2.46 bits per heavy atom. The largest absolute Gasteiger partial charge is 0.391 e. The van der Waals surface area contributed by atoms with Gasteiger partial charge in [0.15, 0.2) is 0 Å². The number of aromatic nitrogens is 3. The van der Waals surface area contributed by atoms with Gasteiger partial charge in [-0.3, -0.25) is 9.59 Å². The fourth-order valence-electron chi connectivity index (χ4n) is 5.33. The van der Waals surface area contributed by atoms with Crippen LogP contribution in [0.5, 0.6) is 0 Å². The first-order valence-electron chi connectivity index (χ1n) is 13.0. The number of carbonyl (C=O) groups is 2. The number of hydrogen-bond donors (Lipinski definition) is 3. The van der Waals surface area contributed by atoms with Gasteiger partial charge in [-0.25, -0.2) is 4.68 Å². The van der Waals surface area contributed by atoms with E-state index in [9.17, 15) is 19.8 Å². The number of aliphatic hydroxyl groups is 2. The second-order valence-corrected chi connectivity index (χ2v) is 12.1. The summed E-state index contributed by atoms with van der Waals surface area (Å²) in [6, 6.07) is -1.00. The van der Waals surface area contributed by atoms with Gasteiger partial charge in [-0.15, -0.1) is 5.10 Å². The van der Waals surface area contributed by atoms with Gasteiger partial charge in [-0.05, 0) is 44.9 Å². The predicted octanol–water partition coefficient (Wildman–Crippen LogP) is 1.06. The Morgan fingerprint density at radius 1 is 1.23 bits per heavy atom. The van der Waals surface area contributed by atoms with Crippen molar-refractivity contribution in [2.45, 2.75) is 102 Å². The summed E-state index contributed by atoms with van der Waals surface area (Å²) >= 11 is 0. The molecule has 3 fully saturated rings. The first-order valence-corrected chi connectivity index (χ1v) is 13.0. The minimum absolute atomic E-state index is 0.0985. The van der Waals surface area contributed by atoms with Gasteiger partial charge in [0.25, 0.3) is 0 Å². The van der Waals surface area contributed by atoms with E-state index in [0.29, 0.717) is 24.8 Å². The molecule has 2 amide bonds. The predicted molar refractivity (Wildman–Crippen MR) is 131 cm³/mol. The molecule has 1 aromatic rings. The zero-order valence-electron chi connectivity index (χ0n) is 21.8. The number of β-amino-alcohol motifs (C(OH)–C–C–N with tert-alkyl or cyclic N) is 1. The number of rotatable bonds is 7. The maximum Gasteiger partial charge on any atom is 0.248 e. The van der Waals surface area contributed by atoms with Crippen molar-refractivity contribution in [2.75, 3.05) is 26.2 Å². The molecule has 1 saturated carbocycles. The molecule has 3 atom stereocenters. The lowest BCUT2D eigenvalue weighted by Gasteiger charge is -2.40. The molecule has 3 heterocycles. The number of nitrogens with zero attached hydrogens (tertiary/aromatic N) is 5. The normalized spacial score (nSPS) is 26.2. The summed E-state index contributed by atoms with van der Waals surface area (Å²) in [5.41, 5.74) is -0.527. The van der Waals surface area contributed by atoms with Gasteiger partial charge in [0.1, 0.15) is 12.1 Å². The lowest BCUT2D eigenvalue weighted by Crippen LogP contribution is -2.55. The van der Waals surface area contributed by atoms with Crippen LogP contribution in [0.4, 0.5) is 0 Å². The van der Waals surface area contributed by atoms with Crippen LogP contribution in [-0.4, -0.2) is 96.8 Å². The highest BCUT2D eigenvalue weighted by Crippen LogP contribution is 2.40. The average molecular weight is 491 g/mol. The molecular weight excluding hydrogens is 448 g/mol. The van der Waals surface area contributed by atoms with Crippen molar-refractivity contribution in [3.05, 3.63) is 11.9 Å². The summed E-state index contributed by atoms with van der Waals surface area (Å²) in [6.45, 7) is 12.0. The third kappa shape index (κ3) is 5.86. The number of hydrogen-bond acceptors (Lipinski definition) is 7. The van der Waals surface area contributed by atoms with E-state index in [4.69, 9.17) is 0 Å². The topological polar surface area (TPSA) is 124 Å². The second-order valence-electron chi connectivity index (χ2n) is 12.1. The third-order valence-corrected chi connectivity index (χ3v) is 7.76. The number of piperidine rings is 1. The summed E-state index contributed by atoms with van der Waals surface area (Å²) < 4.78 is 1.63. The van der Waals surface area contributed by atoms with E-state index < -0.39 is 29.2 Å². The van der Waals surface area contributed by atoms with Crippen LogP contribution >= 0.6 is 0 Å². The van der Waals surface area contributed by atoms with Gasteiger partial charge >= 0.3 is 0 Å². The summed E-state index contributed by atoms with van der Waals surface area (Å²) in [4.78, 5) is 30.8. The number of aliphatic hydroxyl groups excluding tert-OH is 1. The van der Waals surface area contributed by atoms with Gasteiger partial charge in [-0.2, -0.15) is 0 Å². The van der Waals surface area contributed by atoms with Crippen molar-refractivity contribution in [2.24, 2.45) is 5.41 Å². The lowest BCUT2D eigenvalue weighted by atomic mass is 9.85. The van der Waals surface area contributed by atoms with Crippen LogP contribution in [0.2, 0.25) is 0 Å². The van der Waals surface area contributed by atoms with Gasteiger partial charge in [0.05, 0.1) is 17.4 Å². The molecule has 3 aliphatic rings. The van der Waals surface area contributed by atoms with E-state index in [2.05, 4.69) is 34.4 Å².